The first-order chi connectivity index (χ1) is 17.3. The number of nitrogens with one attached hydrogen (secondary N) is 1. The predicted molar refractivity (Wildman–Crippen MR) is 142 cm³/mol. The van der Waals surface area contributed by atoms with Crippen molar-refractivity contribution >= 4 is 34.2 Å². The lowest BCUT2D eigenvalue weighted by molar-refractivity contribution is -0.131. The van der Waals surface area contributed by atoms with E-state index in [2.05, 4.69) is 22.4 Å². The first kappa shape index (κ1) is 25.6. The summed E-state index contributed by atoms with van der Waals surface area (Å²) in [5.74, 6) is -0.229. The number of nitrogens with zero attached hydrogens (tertiary/aromatic N) is 3. The van der Waals surface area contributed by atoms with Gasteiger partial charge in [0, 0.05) is 30.6 Å². The number of carbonyl (C=O) groups excluding carboxylic acids is 3. The molecule has 0 unspecified atom stereocenters. The first-order valence-corrected chi connectivity index (χ1v) is 13.1. The molecular formula is C28H32N4O3S. The van der Waals surface area contributed by atoms with Crippen LogP contribution in [0.5, 0.6) is 0 Å². The number of carbonyl (C=O) groups is 3. The molecule has 8 heteroatoms. The fraction of sp³-hybridized carbons (Fsp3) is 0.357. The maximum Gasteiger partial charge on any atom is 0.254 e. The van der Waals surface area contributed by atoms with Gasteiger partial charge in [-0.3, -0.25) is 14.4 Å². The number of aryl methyl sites for hydroxylation is 1. The number of rotatable bonds is 8. The molecule has 0 bridgehead atoms. The molecule has 3 aromatic rings. The van der Waals surface area contributed by atoms with Gasteiger partial charge in [-0.05, 0) is 42.0 Å². The van der Waals surface area contributed by atoms with Gasteiger partial charge in [0.25, 0.3) is 5.91 Å². The van der Waals surface area contributed by atoms with Crippen LogP contribution >= 0.6 is 11.3 Å². The normalized spacial score (nSPS) is 12.8. The summed E-state index contributed by atoms with van der Waals surface area (Å²) in [6, 6.07) is 15.6. The molecule has 2 aromatic carbocycles. The largest absolute Gasteiger partial charge is 0.338 e. The van der Waals surface area contributed by atoms with Gasteiger partial charge >= 0.3 is 0 Å². The van der Waals surface area contributed by atoms with Gasteiger partial charge < -0.3 is 15.1 Å². The first-order valence-electron chi connectivity index (χ1n) is 12.2. The van der Waals surface area contributed by atoms with E-state index < -0.39 is 0 Å². The van der Waals surface area contributed by atoms with Crippen LogP contribution in [-0.2, 0) is 29.0 Å². The summed E-state index contributed by atoms with van der Waals surface area (Å²) >= 11 is 1.29. The van der Waals surface area contributed by atoms with Gasteiger partial charge in [-0.15, -0.1) is 11.3 Å². The van der Waals surface area contributed by atoms with Crippen molar-refractivity contribution in [2.45, 2.75) is 40.2 Å². The van der Waals surface area contributed by atoms with Crippen LogP contribution in [-0.4, -0.2) is 52.1 Å². The van der Waals surface area contributed by atoms with E-state index in [1.165, 1.54) is 22.5 Å². The lowest BCUT2D eigenvalue weighted by Gasteiger charge is -2.28. The SMILES string of the molecule is Cc1ccccc1C(=O)N(CC(=O)Nc1nc(CC(=O)N2CCc3ccccc3C2)cs1)CC(C)C. The maximum absolute atomic E-state index is 13.1. The van der Waals surface area contributed by atoms with E-state index in [-0.39, 0.29) is 36.6 Å². The molecule has 0 saturated carbocycles. The Balaban J connectivity index is 1.34. The van der Waals surface area contributed by atoms with Crippen LogP contribution in [0.2, 0.25) is 0 Å². The Morgan fingerprint density at radius 3 is 2.56 bits per heavy atom. The van der Waals surface area contributed by atoms with Crippen molar-refractivity contribution in [2.24, 2.45) is 5.92 Å². The summed E-state index contributed by atoms with van der Waals surface area (Å²) in [5.41, 5.74) is 4.60. The molecule has 0 radical (unpaired) electrons. The van der Waals surface area contributed by atoms with Crippen molar-refractivity contribution in [1.82, 2.24) is 14.8 Å². The van der Waals surface area contributed by atoms with Gasteiger partial charge in [-0.25, -0.2) is 4.98 Å². The average Bonchev–Trinajstić information content (AvgIpc) is 3.29. The summed E-state index contributed by atoms with van der Waals surface area (Å²) < 4.78 is 0. The molecule has 7 nitrogen and oxygen atoms in total. The third-order valence-corrected chi connectivity index (χ3v) is 7.00. The smallest absolute Gasteiger partial charge is 0.254 e. The molecule has 0 fully saturated rings. The van der Waals surface area contributed by atoms with Crippen molar-refractivity contribution in [3.63, 3.8) is 0 Å². The van der Waals surface area contributed by atoms with Gasteiger partial charge in [0.2, 0.25) is 11.8 Å². The highest BCUT2D eigenvalue weighted by molar-refractivity contribution is 7.13. The summed E-state index contributed by atoms with van der Waals surface area (Å²) in [6.07, 6.45) is 1.05. The molecule has 0 aliphatic carbocycles. The van der Waals surface area contributed by atoms with Crippen LogP contribution in [0.4, 0.5) is 5.13 Å². The van der Waals surface area contributed by atoms with Crippen molar-refractivity contribution in [1.29, 1.82) is 0 Å². The Morgan fingerprint density at radius 2 is 1.81 bits per heavy atom. The zero-order valence-electron chi connectivity index (χ0n) is 21.0. The zero-order chi connectivity index (χ0) is 25.7. The lowest BCUT2D eigenvalue weighted by Crippen LogP contribution is -2.40. The van der Waals surface area contributed by atoms with E-state index in [4.69, 9.17) is 0 Å². The van der Waals surface area contributed by atoms with E-state index in [0.717, 1.165) is 12.0 Å². The molecule has 1 aliphatic heterocycles. The zero-order valence-corrected chi connectivity index (χ0v) is 21.8. The minimum atomic E-state index is -0.308. The quantitative estimate of drug-likeness (QED) is 0.495. The number of hydrogen-bond acceptors (Lipinski definition) is 5. The number of benzene rings is 2. The van der Waals surface area contributed by atoms with Crippen LogP contribution in [0, 0.1) is 12.8 Å². The fourth-order valence-corrected chi connectivity index (χ4v) is 5.12. The fourth-order valence-electron chi connectivity index (χ4n) is 4.40. The molecule has 1 aromatic heterocycles. The molecular weight excluding hydrogens is 472 g/mol. The molecule has 3 amide bonds. The highest BCUT2D eigenvalue weighted by Gasteiger charge is 2.23. The third-order valence-electron chi connectivity index (χ3n) is 6.20. The molecule has 2 heterocycles. The van der Waals surface area contributed by atoms with Crippen molar-refractivity contribution in [3.8, 4) is 0 Å². The summed E-state index contributed by atoms with van der Waals surface area (Å²) in [4.78, 5) is 46.7. The second kappa shape index (κ2) is 11.5. The number of anilines is 1. The van der Waals surface area contributed by atoms with E-state index >= 15 is 0 Å². The minimum Gasteiger partial charge on any atom is -0.338 e. The highest BCUT2D eigenvalue weighted by atomic mass is 32.1. The third kappa shape index (κ3) is 6.37. The molecule has 0 saturated heterocycles. The van der Waals surface area contributed by atoms with Crippen molar-refractivity contribution in [2.75, 3.05) is 25.0 Å². The predicted octanol–water partition coefficient (Wildman–Crippen LogP) is 4.32. The lowest BCUT2D eigenvalue weighted by atomic mass is 10.00. The van der Waals surface area contributed by atoms with Crippen LogP contribution < -0.4 is 5.32 Å². The Bertz CT molecular complexity index is 1250. The summed E-state index contributed by atoms with van der Waals surface area (Å²) in [6.45, 7) is 7.64. The molecule has 188 valence electrons. The molecule has 0 atom stereocenters. The standard InChI is InChI=1S/C28H32N4O3S/c1-19(2)15-32(27(35)24-11-7-4-8-20(24)3)17-25(33)30-28-29-23(18-36-28)14-26(34)31-13-12-21-9-5-6-10-22(21)16-31/h4-11,18-19H,12-17H2,1-3H3,(H,29,30,33). The topological polar surface area (TPSA) is 82.6 Å². The Morgan fingerprint density at radius 1 is 1.08 bits per heavy atom. The molecule has 36 heavy (non-hydrogen) atoms. The van der Waals surface area contributed by atoms with Gasteiger partial charge in [-0.2, -0.15) is 0 Å². The summed E-state index contributed by atoms with van der Waals surface area (Å²) in [5, 5.41) is 5.03. The van der Waals surface area contributed by atoms with Gasteiger partial charge in [0.1, 0.15) is 6.54 Å². The van der Waals surface area contributed by atoms with E-state index in [1.54, 1.807) is 16.3 Å². The van der Waals surface area contributed by atoms with Gasteiger partial charge in [-0.1, -0.05) is 56.3 Å². The van der Waals surface area contributed by atoms with Crippen LogP contribution in [0.15, 0.2) is 53.9 Å². The minimum absolute atomic E-state index is 0.0274. The van der Waals surface area contributed by atoms with Crippen LogP contribution in [0.3, 0.4) is 0 Å². The number of aromatic nitrogens is 1. The average molecular weight is 505 g/mol. The van der Waals surface area contributed by atoms with E-state index in [9.17, 15) is 14.4 Å². The van der Waals surface area contributed by atoms with Gasteiger partial charge in [0.15, 0.2) is 5.13 Å². The second-order valence-electron chi connectivity index (χ2n) is 9.60. The highest BCUT2D eigenvalue weighted by Crippen LogP contribution is 2.21. The number of fused-ring (bicyclic) bond motifs is 1. The number of thiazole rings is 1. The molecule has 1 N–H and O–H groups in total. The Hall–Kier alpha value is -3.52. The van der Waals surface area contributed by atoms with E-state index in [0.29, 0.717) is 36.0 Å². The second-order valence-corrected chi connectivity index (χ2v) is 10.5. The number of amides is 3. The van der Waals surface area contributed by atoms with Crippen LogP contribution in [0.1, 0.15) is 46.6 Å². The molecule has 0 spiro atoms. The monoisotopic (exact) mass is 504 g/mol. The van der Waals surface area contributed by atoms with Crippen molar-refractivity contribution in [3.05, 3.63) is 81.9 Å². The van der Waals surface area contributed by atoms with Crippen LogP contribution in [0.25, 0.3) is 0 Å². The number of hydrogen-bond donors (Lipinski definition) is 1. The summed E-state index contributed by atoms with van der Waals surface area (Å²) in [7, 11) is 0. The van der Waals surface area contributed by atoms with Gasteiger partial charge in [0.05, 0.1) is 12.1 Å². The Labute approximate surface area is 216 Å². The molecule has 1 aliphatic rings. The van der Waals surface area contributed by atoms with E-state index in [1.807, 2.05) is 56.0 Å². The Kier molecular flexibility index (Phi) is 8.15. The van der Waals surface area contributed by atoms with Crippen molar-refractivity contribution < 1.29 is 14.4 Å². The maximum atomic E-state index is 13.1. The molecule has 4 rings (SSSR count).